The molecule has 5 rings (SSSR count). The van der Waals surface area contributed by atoms with Crippen molar-refractivity contribution in [1.82, 2.24) is 9.88 Å². The predicted molar refractivity (Wildman–Crippen MR) is 148 cm³/mol. The molecule has 2 amide bonds. The predicted octanol–water partition coefficient (Wildman–Crippen LogP) is 5.04. The lowest BCUT2D eigenvalue weighted by molar-refractivity contribution is -0.122. The van der Waals surface area contributed by atoms with Crippen molar-refractivity contribution in [2.45, 2.75) is 46.5 Å². The number of hydrogen-bond donors (Lipinski definition) is 1. The summed E-state index contributed by atoms with van der Waals surface area (Å²) in [6.07, 6.45) is 5.57. The normalized spacial score (nSPS) is 16.7. The van der Waals surface area contributed by atoms with Gasteiger partial charge in [-0.05, 0) is 94.1 Å². The molecule has 2 aliphatic rings. The van der Waals surface area contributed by atoms with Crippen molar-refractivity contribution in [2.24, 2.45) is 0 Å². The zero-order valence-corrected chi connectivity index (χ0v) is 22.6. The van der Waals surface area contributed by atoms with Crippen LogP contribution < -0.4 is 10.2 Å². The molecule has 0 radical (unpaired) electrons. The number of carbonyl (C=O) groups is 3. The maximum atomic E-state index is 13.4. The number of carbonyl (C=O) groups excluding carboxylic acids is 3. The van der Waals surface area contributed by atoms with Crippen LogP contribution in [-0.4, -0.2) is 34.1 Å². The number of aromatic nitrogens is 1. The Morgan fingerprint density at radius 1 is 1.16 bits per heavy atom. The van der Waals surface area contributed by atoms with Crippen molar-refractivity contribution in [1.29, 1.82) is 0 Å². The summed E-state index contributed by atoms with van der Waals surface area (Å²) in [7, 11) is 0. The highest BCUT2D eigenvalue weighted by Gasteiger charge is 2.35. The first-order valence-corrected chi connectivity index (χ1v) is 13.5. The zero-order valence-electron chi connectivity index (χ0n) is 20.9. The van der Waals surface area contributed by atoms with Crippen molar-refractivity contribution >= 4 is 58.2 Å². The van der Waals surface area contributed by atoms with Gasteiger partial charge < -0.3 is 9.30 Å². The van der Waals surface area contributed by atoms with E-state index in [1.807, 2.05) is 37.5 Å². The third kappa shape index (κ3) is 4.42. The van der Waals surface area contributed by atoms with Crippen LogP contribution in [-0.2, 0) is 27.2 Å². The minimum Gasteiger partial charge on any atom is -0.462 e. The van der Waals surface area contributed by atoms with Gasteiger partial charge in [0.05, 0.1) is 17.9 Å². The lowest BCUT2D eigenvalue weighted by atomic mass is 9.95. The lowest BCUT2D eigenvalue weighted by Gasteiger charge is -2.28. The molecule has 1 saturated heterocycles. The number of aryl methyl sites for hydroxylation is 2. The first-order valence-electron chi connectivity index (χ1n) is 12.3. The second kappa shape index (κ2) is 10.1. The van der Waals surface area contributed by atoms with Gasteiger partial charge in [-0.25, -0.2) is 4.79 Å². The van der Waals surface area contributed by atoms with E-state index in [2.05, 4.69) is 5.32 Å². The van der Waals surface area contributed by atoms with Crippen molar-refractivity contribution in [3.8, 4) is 5.00 Å². The molecule has 1 aliphatic heterocycles. The topological polar surface area (TPSA) is 80.6 Å². The average Bonchev–Trinajstić information content (AvgIpc) is 3.38. The number of fused-ring (bicyclic) bond motifs is 1. The van der Waals surface area contributed by atoms with Gasteiger partial charge in [0.15, 0.2) is 5.11 Å². The number of nitrogens with zero attached hydrogens (tertiary/aromatic N) is 2. The highest BCUT2D eigenvalue weighted by atomic mass is 32.1. The van der Waals surface area contributed by atoms with Crippen molar-refractivity contribution < 1.29 is 19.1 Å². The van der Waals surface area contributed by atoms with Gasteiger partial charge in [-0.2, -0.15) is 0 Å². The zero-order chi connectivity index (χ0) is 26.3. The smallest absolute Gasteiger partial charge is 0.341 e. The van der Waals surface area contributed by atoms with Gasteiger partial charge >= 0.3 is 5.97 Å². The molecule has 1 N–H and O–H groups in total. The van der Waals surface area contributed by atoms with E-state index in [9.17, 15) is 14.4 Å². The molecule has 2 aromatic heterocycles. The summed E-state index contributed by atoms with van der Waals surface area (Å²) in [5.41, 5.74) is 4.74. The molecule has 3 aromatic rings. The molecule has 7 nitrogen and oxygen atoms in total. The fourth-order valence-electron chi connectivity index (χ4n) is 4.99. The van der Waals surface area contributed by atoms with Gasteiger partial charge in [0.25, 0.3) is 11.8 Å². The minimum atomic E-state index is -0.536. The molecule has 190 valence electrons. The van der Waals surface area contributed by atoms with Gasteiger partial charge in [-0.3, -0.25) is 19.8 Å². The number of esters is 1. The van der Waals surface area contributed by atoms with Crippen LogP contribution in [0, 0.1) is 13.8 Å². The third-order valence-electron chi connectivity index (χ3n) is 6.72. The Kier molecular flexibility index (Phi) is 6.83. The second-order valence-corrected chi connectivity index (χ2v) is 10.5. The molecule has 37 heavy (non-hydrogen) atoms. The molecule has 1 aromatic carbocycles. The van der Waals surface area contributed by atoms with Crippen molar-refractivity contribution in [2.75, 3.05) is 11.5 Å². The van der Waals surface area contributed by atoms with Crippen LogP contribution in [0.1, 0.15) is 57.5 Å². The van der Waals surface area contributed by atoms with E-state index in [4.69, 9.17) is 17.0 Å². The average molecular weight is 534 g/mol. The fraction of sp³-hybridized carbons (Fsp3) is 0.286. The van der Waals surface area contributed by atoms with Crippen LogP contribution in [0.4, 0.5) is 5.69 Å². The molecule has 9 heteroatoms. The number of anilines is 1. The van der Waals surface area contributed by atoms with Crippen LogP contribution in [0.15, 0.2) is 42.0 Å². The maximum absolute atomic E-state index is 13.4. The van der Waals surface area contributed by atoms with E-state index in [-0.39, 0.29) is 16.7 Å². The van der Waals surface area contributed by atoms with E-state index in [1.165, 1.54) is 9.78 Å². The van der Waals surface area contributed by atoms with Gasteiger partial charge in [0.1, 0.15) is 10.6 Å². The number of ether oxygens (including phenoxy) is 1. The number of hydrogen-bond acceptors (Lipinski definition) is 6. The van der Waals surface area contributed by atoms with E-state index in [1.54, 1.807) is 41.7 Å². The highest BCUT2D eigenvalue weighted by molar-refractivity contribution is 7.80. The molecular weight excluding hydrogens is 506 g/mol. The van der Waals surface area contributed by atoms with Crippen LogP contribution >= 0.6 is 23.6 Å². The van der Waals surface area contributed by atoms with E-state index in [0.29, 0.717) is 17.9 Å². The number of para-hydroxylation sites is 1. The molecule has 3 heterocycles. The molecule has 0 bridgehead atoms. The van der Waals surface area contributed by atoms with Crippen LogP contribution in [0.25, 0.3) is 11.1 Å². The Labute approximate surface area is 224 Å². The number of amides is 2. The summed E-state index contributed by atoms with van der Waals surface area (Å²) in [5, 5.41) is 3.51. The van der Waals surface area contributed by atoms with Crippen LogP contribution in [0.3, 0.4) is 0 Å². The minimum absolute atomic E-state index is 0.00575. The molecule has 1 fully saturated rings. The third-order valence-corrected chi connectivity index (χ3v) is 8.28. The van der Waals surface area contributed by atoms with Crippen LogP contribution in [0.2, 0.25) is 0 Å². The Bertz CT molecular complexity index is 1470. The van der Waals surface area contributed by atoms with E-state index >= 15 is 0 Å². The summed E-state index contributed by atoms with van der Waals surface area (Å²) >= 11 is 6.92. The summed E-state index contributed by atoms with van der Waals surface area (Å²) in [6, 6.07) is 10.9. The SMILES string of the molecule is CCOC(=O)c1c(-n2c(C)cc(/C=C3\C(=O)NC(=S)N(c4ccccc4)C3=O)c2C)sc2c1CCCC2. The van der Waals surface area contributed by atoms with Crippen molar-refractivity contribution in [3.05, 3.63) is 74.9 Å². The van der Waals surface area contributed by atoms with Crippen molar-refractivity contribution in [3.63, 3.8) is 0 Å². The maximum Gasteiger partial charge on any atom is 0.341 e. The second-order valence-electron chi connectivity index (χ2n) is 9.07. The number of rotatable bonds is 5. The van der Waals surface area contributed by atoms with Gasteiger partial charge in [-0.1, -0.05) is 18.2 Å². The van der Waals surface area contributed by atoms with Gasteiger partial charge in [0, 0.05) is 16.3 Å². The quantitative estimate of drug-likeness (QED) is 0.215. The van der Waals surface area contributed by atoms with E-state index < -0.39 is 11.8 Å². The number of thiophene rings is 1. The van der Waals surface area contributed by atoms with Crippen LogP contribution in [0.5, 0.6) is 0 Å². The summed E-state index contributed by atoms with van der Waals surface area (Å²) in [5.74, 6) is -1.33. The molecule has 0 saturated carbocycles. The molecule has 0 spiro atoms. The summed E-state index contributed by atoms with van der Waals surface area (Å²) < 4.78 is 7.48. The fourth-order valence-corrected chi connectivity index (χ4v) is 6.76. The molecule has 1 aliphatic carbocycles. The Morgan fingerprint density at radius 3 is 2.62 bits per heavy atom. The Hall–Kier alpha value is -3.56. The largest absolute Gasteiger partial charge is 0.462 e. The Morgan fingerprint density at radius 2 is 1.89 bits per heavy atom. The molecule has 0 unspecified atom stereocenters. The first kappa shape index (κ1) is 25.1. The van der Waals surface area contributed by atoms with Gasteiger partial charge in [-0.15, -0.1) is 11.3 Å². The monoisotopic (exact) mass is 533 g/mol. The lowest BCUT2D eigenvalue weighted by Crippen LogP contribution is -2.54. The number of benzene rings is 1. The first-order chi connectivity index (χ1) is 17.8. The molecular formula is C28H27N3O4S2. The number of nitrogens with one attached hydrogen (secondary N) is 1. The summed E-state index contributed by atoms with van der Waals surface area (Å²) in [4.78, 5) is 41.9. The summed E-state index contributed by atoms with van der Waals surface area (Å²) in [6.45, 7) is 6.00. The molecule has 0 atom stereocenters. The van der Waals surface area contributed by atoms with E-state index in [0.717, 1.165) is 53.2 Å². The highest BCUT2D eigenvalue weighted by Crippen LogP contribution is 2.39. The number of thiocarbonyl (C=S) groups is 1. The standard InChI is InChI=1S/C28H27N3O4S2/c1-4-35-27(34)23-20-12-8-9-13-22(20)37-26(23)30-16(2)14-18(17(30)3)15-21-24(32)29-28(36)31(25(21)33)19-10-6-5-7-11-19/h5-7,10-11,14-15H,4,8-9,12-13H2,1-3H3,(H,29,32,36)/b21-15+. The van der Waals surface area contributed by atoms with Gasteiger partial charge in [0.2, 0.25) is 0 Å². The Balaban J connectivity index is 1.59.